The molecule has 1 amide bonds. The number of aryl methyl sites for hydroxylation is 1. The molecule has 0 aliphatic rings. The van der Waals surface area contributed by atoms with Gasteiger partial charge in [0.15, 0.2) is 5.65 Å². The second kappa shape index (κ2) is 7.78. The molecule has 6 heteroatoms. The van der Waals surface area contributed by atoms with E-state index in [1.807, 2.05) is 71.6 Å². The molecule has 0 aliphatic carbocycles. The first-order valence-electron chi connectivity index (χ1n) is 10.3. The van der Waals surface area contributed by atoms with Crippen LogP contribution in [-0.4, -0.2) is 20.1 Å². The van der Waals surface area contributed by atoms with Crippen LogP contribution in [0.4, 0.5) is 5.69 Å². The lowest BCUT2D eigenvalue weighted by Crippen LogP contribution is -2.29. The number of nitrogens with zero attached hydrogens (tertiary/aromatic N) is 3. The Morgan fingerprint density at radius 1 is 1.10 bits per heavy atom. The number of carbonyl (C=O) groups is 1. The highest BCUT2D eigenvalue weighted by molar-refractivity contribution is 5.97. The zero-order chi connectivity index (χ0) is 21.4. The fourth-order valence-electron chi connectivity index (χ4n) is 3.96. The molecule has 0 fully saturated rings. The second-order valence-corrected chi connectivity index (χ2v) is 7.92. The first kappa shape index (κ1) is 19.9. The minimum absolute atomic E-state index is 0.101. The van der Waals surface area contributed by atoms with Crippen molar-refractivity contribution in [1.82, 2.24) is 14.2 Å². The topological polar surface area (TPSA) is 68.4 Å². The molecule has 2 aromatic carbocycles. The maximum Gasteiger partial charge on any atom is 0.273 e. The summed E-state index contributed by atoms with van der Waals surface area (Å²) in [6.07, 6.45) is 0.593. The quantitative estimate of drug-likeness (QED) is 0.527. The highest BCUT2D eigenvalue weighted by Gasteiger charge is 2.25. The number of fused-ring (bicyclic) bond motifs is 3. The predicted molar refractivity (Wildman–Crippen MR) is 120 cm³/mol. The minimum atomic E-state index is -0.458. The third-order valence-corrected chi connectivity index (χ3v) is 5.52. The second-order valence-electron chi connectivity index (χ2n) is 7.92. The molecular weight excluding hydrogens is 376 g/mol. The van der Waals surface area contributed by atoms with Gasteiger partial charge < -0.3 is 5.32 Å². The summed E-state index contributed by atoms with van der Waals surface area (Å²) < 4.78 is 3.83. The summed E-state index contributed by atoms with van der Waals surface area (Å²) in [5, 5.41) is 3.90. The van der Waals surface area contributed by atoms with Crippen molar-refractivity contribution in [3.8, 4) is 0 Å². The van der Waals surface area contributed by atoms with Gasteiger partial charge in [-0.1, -0.05) is 45.0 Å². The van der Waals surface area contributed by atoms with Gasteiger partial charge in [-0.05, 0) is 49.1 Å². The fraction of sp³-hybridized carbons (Fsp3) is 0.292. The smallest absolute Gasteiger partial charge is 0.273 e. The maximum absolute atomic E-state index is 13.3. The van der Waals surface area contributed by atoms with Crippen LogP contribution in [0.15, 0.2) is 59.4 Å². The largest absolute Gasteiger partial charge is 0.324 e. The Hall–Kier alpha value is -3.41. The third kappa shape index (κ3) is 3.38. The number of amides is 1. The number of hydrogen-bond donors (Lipinski definition) is 1. The molecule has 4 aromatic rings. The molecule has 1 unspecified atom stereocenters. The average Bonchev–Trinajstić information content (AvgIpc) is 3.04. The van der Waals surface area contributed by atoms with E-state index in [1.54, 1.807) is 0 Å². The van der Waals surface area contributed by atoms with Gasteiger partial charge in [-0.25, -0.2) is 4.52 Å². The van der Waals surface area contributed by atoms with E-state index >= 15 is 0 Å². The van der Waals surface area contributed by atoms with Gasteiger partial charge in [0.05, 0.1) is 5.52 Å². The van der Waals surface area contributed by atoms with E-state index in [0.717, 1.165) is 22.3 Å². The molecule has 0 saturated heterocycles. The van der Waals surface area contributed by atoms with E-state index in [2.05, 4.69) is 24.1 Å². The number of aromatic nitrogens is 3. The Morgan fingerprint density at radius 3 is 2.47 bits per heavy atom. The van der Waals surface area contributed by atoms with Gasteiger partial charge >= 0.3 is 0 Å². The highest BCUT2D eigenvalue weighted by Crippen LogP contribution is 2.27. The van der Waals surface area contributed by atoms with E-state index in [9.17, 15) is 9.59 Å². The summed E-state index contributed by atoms with van der Waals surface area (Å²) in [4.78, 5) is 29.6. The molecule has 30 heavy (non-hydrogen) atoms. The van der Waals surface area contributed by atoms with E-state index in [0.29, 0.717) is 18.0 Å². The Labute approximate surface area is 175 Å². The molecule has 4 rings (SSSR count). The number of benzene rings is 2. The molecule has 0 bridgehead atoms. The molecule has 0 saturated carbocycles. The van der Waals surface area contributed by atoms with Gasteiger partial charge in [-0.15, -0.1) is 0 Å². The molecule has 1 atom stereocenters. The summed E-state index contributed by atoms with van der Waals surface area (Å²) >= 11 is 0. The summed E-state index contributed by atoms with van der Waals surface area (Å²) in [5.74, 6) is 0.337. The van der Waals surface area contributed by atoms with Crippen LogP contribution in [0.1, 0.15) is 50.4 Å². The van der Waals surface area contributed by atoms with E-state index in [-0.39, 0.29) is 11.5 Å². The zero-order valence-electron chi connectivity index (χ0n) is 17.7. The fourth-order valence-corrected chi connectivity index (χ4v) is 3.96. The molecule has 6 nitrogen and oxygen atoms in total. The number of rotatable bonds is 5. The normalized spacial score (nSPS) is 12.6. The number of para-hydroxylation sites is 1. The van der Waals surface area contributed by atoms with Gasteiger partial charge in [0.2, 0.25) is 5.91 Å². The van der Waals surface area contributed by atoms with Crippen LogP contribution < -0.4 is 10.9 Å². The van der Waals surface area contributed by atoms with Crippen LogP contribution in [0.2, 0.25) is 0 Å². The third-order valence-electron chi connectivity index (χ3n) is 5.52. The first-order chi connectivity index (χ1) is 14.4. The van der Waals surface area contributed by atoms with Gasteiger partial charge in [-0.2, -0.15) is 4.98 Å². The molecule has 0 spiro atoms. The Kier molecular flexibility index (Phi) is 5.16. The van der Waals surface area contributed by atoms with E-state index in [1.165, 1.54) is 11.6 Å². The average molecular weight is 402 g/mol. The van der Waals surface area contributed by atoms with Crippen molar-refractivity contribution in [2.24, 2.45) is 0 Å². The summed E-state index contributed by atoms with van der Waals surface area (Å²) in [7, 11) is 0. The number of hydrogen-bond acceptors (Lipinski definition) is 3. The van der Waals surface area contributed by atoms with Crippen molar-refractivity contribution in [3.05, 3.63) is 76.2 Å². The van der Waals surface area contributed by atoms with Crippen molar-refractivity contribution in [1.29, 1.82) is 0 Å². The van der Waals surface area contributed by atoms with E-state index in [4.69, 9.17) is 0 Å². The van der Waals surface area contributed by atoms with Gasteiger partial charge in [-0.3, -0.25) is 14.3 Å². The van der Waals surface area contributed by atoms with Crippen LogP contribution in [0.5, 0.6) is 0 Å². The number of carbonyl (C=O) groups excluding carboxylic acids is 1. The van der Waals surface area contributed by atoms with Crippen LogP contribution in [-0.2, 0) is 4.79 Å². The molecule has 0 aliphatic heterocycles. The van der Waals surface area contributed by atoms with Crippen molar-refractivity contribution < 1.29 is 4.79 Å². The van der Waals surface area contributed by atoms with Crippen LogP contribution in [0.25, 0.3) is 16.6 Å². The maximum atomic E-state index is 13.3. The molecule has 1 N–H and O–H groups in total. The van der Waals surface area contributed by atoms with Crippen LogP contribution in [0, 0.1) is 6.92 Å². The standard InChI is InChI=1S/C24H26N4O2/c1-5-20(24(30)25-18-12-10-17(11-13-18)15(2)3)28-21-9-7-6-8-19(21)23-26-22(29)14-16(4)27(23)28/h6-15,20H,5H2,1-4H3,(H,25,30). The first-order valence-corrected chi connectivity index (χ1v) is 10.3. The SMILES string of the molecule is CCC(C(=O)Nc1ccc(C(C)C)cc1)n1c2ccccc2c2nc(=O)cc(C)n21. The van der Waals surface area contributed by atoms with Crippen molar-refractivity contribution in [2.45, 2.75) is 46.1 Å². The lowest BCUT2D eigenvalue weighted by atomic mass is 10.0. The number of anilines is 1. The minimum Gasteiger partial charge on any atom is -0.324 e. The van der Waals surface area contributed by atoms with Gasteiger partial charge in [0.1, 0.15) is 6.04 Å². The monoisotopic (exact) mass is 402 g/mol. The lowest BCUT2D eigenvalue weighted by molar-refractivity contribution is -0.119. The molecule has 0 radical (unpaired) electrons. The molecule has 2 heterocycles. The van der Waals surface area contributed by atoms with Crippen molar-refractivity contribution in [3.63, 3.8) is 0 Å². The molecule has 154 valence electrons. The van der Waals surface area contributed by atoms with Crippen molar-refractivity contribution in [2.75, 3.05) is 5.32 Å². The molecule has 2 aromatic heterocycles. The Balaban J connectivity index is 1.80. The van der Waals surface area contributed by atoms with Crippen LogP contribution in [0.3, 0.4) is 0 Å². The summed E-state index contributed by atoms with van der Waals surface area (Å²) in [6.45, 7) is 8.13. The summed E-state index contributed by atoms with van der Waals surface area (Å²) in [6, 6.07) is 16.7. The van der Waals surface area contributed by atoms with Crippen LogP contribution >= 0.6 is 0 Å². The molecular formula is C24H26N4O2. The summed E-state index contributed by atoms with van der Waals surface area (Å²) in [5.41, 5.74) is 3.91. The van der Waals surface area contributed by atoms with E-state index < -0.39 is 6.04 Å². The Morgan fingerprint density at radius 2 is 1.80 bits per heavy atom. The predicted octanol–water partition coefficient (Wildman–Crippen LogP) is 4.67. The lowest BCUT2D eigenvalue weighted by Gasteiger charge is -2.20. The number of nitrogens with one attached hydrogen (secondary N) is 1. The van der Waals surface area contributed by atoms with Gasteiger partial charge in [0, 0.05) is 22.8 Å². The van der Waals surface area contributed by atoms with Gasteiger partial charge in [0.25, 0.3) is 5.56 Å². The highest BCUT2D eigenvalue weighted by atomic mass is 16.2. The Bertz CT molecular complexity index is 1280. The zero-order valence-corrected chi connectivity index (χ0v) is 17.7. The van der Waals surface area contributed by atoms with Crippen molar-refractivity contribution >= 4 is 28.1 Å².